The van der Waals surface area contributed by atoms with E-state index in [1.165, 1.54) is 18.0 Å². The molecule has 82 valence electrons. The van der Waals surface area contributed by atoms with Gasteiger partial charge in [0.25, 0.3) is 5.91 Å². The second-order valence-corrected chi connectivity index (χ2v) is 3.76. The highest BCUT2D eigenvalue weighted by Gasteiger charge is 2.15. The SMILES string of the molecule is CN(CCC(=O)O)C(=O)c1ccc(Br)o1. The van der Waals surface area contributed by atoms with Gasteiger partial charge in [-0.2, -0.15) is 0 Å². The summed E-state index contributed by atoms with van der Waals surface area (Å²) in [4.78, 5) is 23.2. The first kappa shape index (κ1) is 11.8. The molecule has 1 heterocycles. The van der Waals surface area contributed by atoms with Crippen LogP contribution < -0.4 is 0 Å². The number of carbonyl (C=O) groups excluding carboxylic acids is 1. The van der Waals surface area contributed by atoms with Crippen molar-refractivity contribution in [2.24, 2.45) is 0 Å². The lowest BCUT2D eigenvalue weighted by molar-refractivity contribution is -0.137. The molecule has 0 atom stereocenters. The summed E-state index contributed by atoms with van der Waals surface area (Å²) in [6, 6.07) is 3.14. The van der Waals surface area contributed by atoms with Crippen LogP contribution in [-0.4, -0.2) is 35.5 Å². The van der Waals surface area contributed by atoms with E-state index in [1.54, 1.807) is 6.07 Å². The van der Waals surface area contributed by atoms with Crippen molar-refractivity contribution in [3.63, 3.8) is 0 Å². The molecule has 0 spiro atoms. The van der Waals surface area contributed by atoms with Crippen LogP contribution in [0.3, 0.4) is 0 Å². The van der Waals surface area contributed by atoms with E-state index in [1.807, 2.05) is 0 Å². The number of rotatable bonds is 4. The van der Waals surface area contributed by atoms with Crippen molar-refractivity contribution >= 4 is 27.8 Å². The highest BCUT2D eigenvalue weighted by atomic mass is 79.9. The Morgan fingerprint density at radius 2 is 2.20 bits per heavy atom. The van der Waals surface area contributed by atoms with Gasteiger partial charge in [-0.3, -0.25) is 9.59 Å². The summed E-state index contributed by atoms with van der Waals surface area (Å²) in [7, 11) is 1.53. The standard InChI is InChI=1S/C9H10BrNO4/c1-11(5-4-8(12)13)9(14)6-2-3-7(10)15-6/h2-3H,4-5H2,1H3,(H,12,13). The van der Waals surface area contributed by atoms with E-state index in [4.69, 9.17) is 9.52 Å². The fraction of sp³-hybridized carbons (Fsp3) is 0.333. The Labute approximate surface area is 94.8 Å². The highest BCUT2D eigenvalue weighted by molar-refractivity contribution is 9.10. The van der Waals surface area contributed by atoms with Crippen molar-refractivity contribution in [2.45, 2.75) is 6.42 Å². The second kappa shape index (κ2) is 4.97. The number of carboxylic acid groups (broad SMARTS) is 1. The zero-order valence-electron chi connectivity index (χ0n) is 8.07. The Morgan fingerprint density at radius 3 is 2.67 bits per heavy atom. The van der Waals surface area contributed by atoms with Gasteiger partial charge in [0.2, 0.25) is 0 Å². The molecule has 0 aliphatic rings. The normalized spacial score (nSPS) is 10.0. The minimum absolute atomic E-state index is 0.0792. The Hall–Kier alpha value is -1.30. The molecule has 0 fully saturated rings. The Morgan fingerprint density at radius 1 is 1.53 bits per heavy atom. The first-order chi connectivity index (χ1) is 7.00. The second-order valence-electron chi connectivity index (χ2n) is 2.97. The van der Waals surface area contributed by atoms with Crippen LogP contribution in [0.15, 0.2) is 21.2 Å². The molecule has 0 aliphatic heterocycles. The van der Waals surface area contributed by atoms with Crippen molar-refractivity contribution in [2.75, 3.05) is 13.6 Å². The zero-order valence-corrected chi connectivity index (χ0v) is 9.65. The van der Waals surface area contributed by atoms with Gasteiger partial charge in [-0.05, 0) is 28.1 Å². The molecular formula is C9H10BrNO4. The van der Waals surface area contributed by atoms with Gasteiger partial charge in [0.05, 0.1) is 6.42 Å². The lowest BCUT2D eigenvalue weighted by Gasteiger charge is -2.13. The summed E-state index contributed by atoms with van der Waals surface area (Å²) in [6.45, 7) is 0.159. The van der Waals surface area contributed by atoms with Crippen molar-refractivity contribution in [1.82, 2.24) is 4.90 Å². The molecule has 15 heavy (non-hydrogen) atoms. The smallest absolute Gasteiger partial charge is 0.305 e. The quantitative estimate of drug-likeness (QED) is 0.906. The molecule has 0 radical (unpaired) electrons. The molecular weight excluding hydrogens is 266 g/mol. The third kappa shape index (κ3) is 3.39. The third-order valence-electron chi connectivity index (χ3n) is 1.79. The Balaban J connectivity index is 2.57. The molecule has 0 saturated carbocycles. The predicted octanol–water partition coefficient (Wildman–Crippen LogP) is 1.59. The largest absolute Gasteiger partial charge is 0.481 e. The van der Waals surface area contributed by atoms with Crippen LogP contribution in [0.4, 0.5) is 0 Å². The molecule has 1 amide bonds. The van der Waals surface area contributed by atoms with E-state index in [0.717, 1.165) is 0 Å². The number of carboxylic acids is 1. The molecule has 1 rings (SSSR count). The van der Waals surface area contributed by atoms with E-state index in [9.17, 15) is 9.59 Å². The summed E-state index contributed by atoms with van der Waals surface area (Å²) < 4.78 is 5.52. The maximum absolute atomic E-state index is 11.6. The number of nitrogens with zero attached hydrogens (tertiary/aromatic N) is 1. The van der Waals surface area contributed by atoms with E-state index < -0.39 is 5.97 Å². The molecule has 0 aliphatic carbocycles. The molecule has 1 aromatic rings. The number of hydrogen-bond acceptors (Lipinski definition) is 3. The van der Waals surface area contributed by atoms with Crippen LogP contribution >= 0.6 is 15.9 Å². The highest BCUT2D eigenvalue weighted by Crippen LogP contribution is 2.15. The summed E-state index contributed by atoms with van der Waals surface area (Å²) in [5.74, 6) is -1.08. The van der Waals surface area contributed by atoms with E-state index in [-0.39, 0.29) is 24.6 Å². The Bertz CT molecular complexity index is 374. The molecule has 0 unspecified atom stereocenters. The summed E-state index contributed by atoms with van der Waals surface area (Å²) in [5.41, 5.74) is 0. The van der Waals surface area contributed by atoms with Gasteiger partial charge in [0, 0.05) is 13.6 Å². The fourth-order valence-electron chi connectivity index (χ4n) is 0.982. The number of amides is 1. The van der Waals surface area contributed by atoms with E-state index in [0.29, 0.717) is 4.67 Å². The summed E-state index contributed by atoms with van der Waals surface area (Å²) >= 11 is 3.08. The zero-order chi connectivity index (χ0) is 11.4. The lowest BCUT2D eigenvalue weighted by Crippen LogP contribution is -2.28. The molecule has 0 saturated heterocycles. The first-order valence-corrected chi connectivity index (χ1v) is 5.02. The maximum Gasteiger partial charge on any atom is 0.305 e. The van der Waals surface area contributed by atoms with Gasteiger partial charge in [0.15, 0.2) is 10.4 Å². The van der Waals surface area contributed by atoms with Crippen LogP contribution in [0.5, 0.6) is 0 Å². The summed E-state index contributed by atoms with van der Waals surface area (Å²) in [6.07, 6.45) is -0.0792. The van der Waals surface area contributed by atoms with Gasteiger partial charge in [0.1, 0.15) is 0 Å². The molecule has 0 aromatic carbocycles. The van der Waals surface area contributed by atoms with Crippen molar-refractivity contribution < 1.29 is 19.1 Å². The van der Waals surface area contributed by atoms with Crippen LogP contribution in [0.1, 0.15) is 17.0 Å². The van der Waals surface area contributed by atoms with Gasteiger partial charge in [-0.1, -0.05) is 0 Å². The molecule has 6 heteroatoms. The van der Waals surface area contributed by atoms with Crippen LogP contribution in [0, 0.1) is 0 Å². The van der Waals surface area contributed by atoms with Crippen LogP contribution in [0.25, 0.3) is 0 Å². The van der Waals surface area contributed by atoms with E-state index in [2.05, 4.69) is 15.9 Å². The number of aliphatic carboxylic acids is 1. The van der Waals surface area contributed by atoms with Crippen LogP contribution in [0.2, 0.25) is 0 Å². The first-order valence-electron chi connectivity index (χ1n) is 4.23. The minimum atomic E-state index is -0.935. The maximum atomic E-state index is 11.6. The molecule has 1 N–H and O–H groups in total. The third-order valence-corrected chi connectivity index (χ3v) is 2.22. The van der Waals surface area contributed by atoms with Crippen LogP contribution in [-0.2, 0) is 4.79 Å². The number of furan rings is 1. The fourth-order valence-corrected chi connectivity index (χ4v) is 1.29. The number of hydrogen-bond donors (Lipinski definition) is 1. The minimum Gasteiger partial charge on any atom is -0.481 e. The predicted molar refractivity (Wildman–Crippen MR) is 55.6 cm³/mol. The number of carbonyl (C=O) groups is 2. The Kier molecular flexibility index (Phi) is 3.90. The lowest BCUT2D eigenvalue weighted by atomic mass is 10.3. The average Bonchev–Trinajstić information content (AvgIpc) is 2.60. The van der Waals surface area contributed by atoms with Gasteiger partial charge >= 0.3 is 5.97 Å². The topological polar surface area (TPSA) is 70.8 Å². The van der Waals surface area contributed by atoms with E-state index >= 15 is 0 Å². The van der Waals surface area contributed by atoms with Gasteiger partial charge in [-0.15, -0.1) is 0 Å². The molecule has 5 nitrogen and oxygen atoms in total. The molecule has 0 bridgehead atoms. The monoisotopic (exact) mass is 275 g/mol. The van der Waals surface area contributed by atoms with Gasteiger partial charge < -0.3 is 14.4 Å². The van der Waals surface area contributed by atoms with Crippen molar-refractivity contribution in [1.29, 1.82) is 0 Å². The molecule has 1 aromatic heterocycles. The van der Waals surface area contributed by atoms with Crippen molar-refractivity contribution in [3.05, 3.63) is 22.6 Å². The summed E-state index contributed by atoms with van der Waals surface area (Å²) in [5, 5.41) is 8.45. The average molecular weight is 276 g/mol. The number of halogens is 1. The van der Waals surface area contributed by atoms with Gasteiger partial charge in [-0.25, -0.2) is 0 Å². The van der Waals surface area contributed by atoms with Crippen molar-refractivity contribution in [3.8, 4) is 0 Å².